The zero-order valence-corrected chi connectivity index (χ0v) is 12.9. The second-order valence-electron chi connectivity index (χ2n) is 7.04. The van der Waals surface area contributed by atoms with Gasteiger partial charge in [0, 0.05) is 18.3 Å². The van der Waals surface area contributed by atoms with Crippen LogP contribution >= 0.6 is 0 Å². The van der Waals surface area contributed by atoms with E-state index in [-0.39, 0.29) is 0 Å². The van der Waals surface area contributed by atoms with Gasteiger partial charge < -0.3 is 10.2 Å². The van der Waals surface area contributed by atoms with Crippen LogP contribution in [-0.2, 0) is 6.54 Å². The molecule has 1 aromatic rings. The van der Waals surface area contributed by atoms with Crippen LogP contribution in [0.4, 0.5) is 5.69 Å². The fraction of sp³-hybridized carbons (Fsp3) is 0.647. The van der Waals surface area contributed by atoms with Gasteiger partial charge in [0.25, 0.3) is 0 Å². The molecule has 19 heavy (non-hydrogen) atoms. The molecule has 106 valence electrons. The van der Waals surface area contributed by atoms with Crippen molar-refractivity contribution in [1.29, 1.82) is 0 Å². The molecule has 2 rings (SSSR count). The summed E-state index contributed by atoms with van der Waals surface area (Å²) in [5, 5.41) is 3.70. The summed E-state index contributed by atoms with van der Waals surface area (Å²) in [5.74, 6) is 0. The molecule has 1 aliphatic rings. The van der Waals surface area contributed by atoms with Crippen LogP contribution in [0.2, 0.25) is 0 Å². The topological polar surface area (TPSA) is 15.3 Å². The van der Waals surface area contributed by atoms with Crippen molar-refractivity contribution in [1.82, 2.24) is 4.90 Å². The Bertz CT molecular complexity index is 392. The Hall–Kier alpha value is -1.02. The van der Waals surface area contributed by atoms with E-state index in [0.717, 1.165) is 6.54 Å². The lowest BCUT2D eigenvalue weighted by Gasteiger charge is -2.36. The molecule has 0 heterocycles. The maximum Gasteiger partial charge on any atom is 0.0342 e. The average Bonchev–Trinajstić information content (AvgIpc) is 2.30. The first-order valence-electron chi connectivity index (χ1n) is 7.45. The van der Waals surface area contributed by atoms with E-state index in [1.54, 1.807) is 0 Å². The van der Waals surface area contributed by atoms with E-state index in [1.807, 2.05) is 0 Å². The number of hydrogen-bond donors (Lipinski definition) is 1. The van der Waals surface area contributed by atoms with Crippen LogP contribution < -0.4 is 5.32 Å². The van der Waals surface area contributed by atoms with E-state index in [2.05, 4.69) is 62.4 Å². The van der Waals surface area contributed by atoms with Gasteiger partial charge in [-0.15, -0.1) is 0 Å². The van der Waals surface area contributed by atoms with Crippen molar-refractivity contribution in [2.45, 2.75) is 52.1 Å². The molecular formula is C17H28N2. The normalized spacial score (nSPS) is 22.5. The predicted octanol–water partition coefficient (Wildman–Crippen LogP) is 4.13. The lowest BCUT2D eigenvalue weighted by molar-refractivity contribution is 0.229. The van der Waals surface area contributed by atoms with Gasteiger partial charge in [0.1, 0.15) is 0 Å². The number of anilines is 1. The maximum absolute atomic E-state index is 3.70. The Morgan fingerprint density at radius 1 is 1.21 bits per heavy atom. The molecule has 0 bridgehead atoms. The molecule has 0 spiro atoms. The molecule has 0 radical (unpaired) electrons. The minimum Gasteiger partial charge on any atom is -0.382 e. The van der Waals surface area contributed by atoms with Crippen LogP contribution in [0.15, 0.2) is 24.3 Å². The third-order valence-electron chi connectivity index (χ3n) is 4.03. The standard InChI is InChI=1S/C17H28N2/c1-17(2)11-5-6-16(12-17)18-15-9-7-14(8-10-15)13-19(3)4/h7-10,16,18H,5-6,11-13H2,1-4H3. The molecule has 1 saturated carbocycles. The van der Waals surface area contributed by atoms with Gasteiger partial charge in [0.05, 0.1) is 0 Å². The molecule has 1 unspecified atom stereocenters. The molecule has 0 aliphatic heterocycles. The number of hydrogen-bond acceptors (Lipinski definition) is 2. The number of benzene rings is 1. The Morgan fingerprint density at radius 2 is 1.89 bits per heavy atom. The minimum atomic E-state index is 0.501. The highest BCUT2D eigenvalue weighted by atomic mass is 15.0. The predicted molar refractivity (Wildman–Crippen MR) is 83.5 cm³/mol. The molecule has 2 heteroatoms. The van der Waals surface area contributed by atoms with Crippen molar-refractivity contribution >= 4 is 5.69 Å². The Kier molecular flexibility index (Phi) is 4.51. The van der Waals surface area contributed by atoms with E-state index < -0.39 is 0 Å². The lowest BCUT2D eigenvalue weighted by atomic mass is 9.75. The van der Waals surface area contributed by atoms with E-state index in [1.165, 1.54) is 36.9 Å². The smallest absolute Gasteiger partial charge is 0.0342 e. The molecule has 1 atom stereocenters. The molecule has 1 N–H and O–H groups in total. The highest BCUT2D eigenvalue weighted by Crippen LogP contribution is 2.36. The maximum atomic E-state index is 3.70. The first-order chi connectivity index (χ1) is 8.94. The van der Waals surface area contributed by atoms with Crippen molar-refractivity contribution in [2.24, 2.45) is 5.41 Å². The van der Waals surface area contributed by atoms with E-state index >= 15 is 0 Å². The van der Waals surface area contributed by atoms with Crippen molar-refractivity contribution < 1.29 is 0 Å². The second kappa shape index (κ2) is 5.96. The molecule has 1 fully saturated rings. The van der Waals surface area contributed by atoms with Crippen LogP contribution in [0.3, 0.4) is 0 Å². The molecule has 0 amide bonds. The first kappa shape index (κ1) is 14.4. The molecule has 2 nitrogen and oxygen atoms in total. The van der Waals surface area contributed by atoms with Crippen LogP contribution in [0.1, 0.15) is 45.1 Å². The fourth-order valence-corrected chi connectivity index (χ4v) is 3.13. The van der Waals surface area contributed by atoms with Gasteiger partial charge >= 0.3 is 0 Å². The summed E-state index contributed by atoms with van der Waals surface area (Å²) in [6.45, 7) is 5.79. The first-order valence-corrected chi connectivity index (χ1v) is 7.45. The highest BCUT2D eigenvalue weighted by Gasteiger charge is 2.27. The van der Waals surface area contributed by atoms with Crippen LogP contribution in [0.5, 0.6) is 0 Å². The number of rotatable bonds is 4. The van der Waals surface area contributed by atoms with Crippen LogP contribution in [-0.4, -0.2) is 25.0 Å². The van der Waals surface area contributed by atoms with Crippen LogP contribution in [0.25, 0.3) is 0 Å². The molecular weight excluding hydrogens is 232 g/mol. The monoisotopic (exact) mass is 260 g/mol. The summed E-state index contributed by atoms with van der Waals surface area (Å²) in [7, 11) is 4.21. The molecule has 0 saturated heterocycles. The second-order valence-corrected chi connectivity index (χ2v) is 7.04. The van der Waals surface area contributed by atoms with Gasteiger partial charge in [0.15, 0.2) is 0 Å². The third-order valence-corrected chi connectivity index (χ3v) is 4.03. The third kappa shape index (κ3) is 4.54. The van der Waals surface area contributed by atoms with Gasteiger partial charge in [0.2, 0.25) is 0 Å². The van der Waals surface area contributed by atoms with Crippen molar-refractivity contribution in [3.8, 4) is 0 Å². The summed E-state index contributed by atoms with van der Waals surface area (Å²) in [6, 6.07) is 9.55. The Labute approximate surface area is 118 Å². The number of nitrogens with zero attached hydrogens (tertiary/aromatic N) is 1. The van der Waals surface area contributed by atoms with Gasteiger partial charge in [-0.05, 0) is 56.5 Å². The van der Waals surface area contributed by atoms with Crippen molar-refractivity contribution in [2.75, 3.05) is 19.4 Å². The molecule has 1 aliphatic carbocycles. The van der Waals surface area contributed by atoms with E-state index in [9.17, 15) is 0 Å². The summed E-state index contributed by atoms with van der Waals surface area (Å²) in [6.07, 6.45) is 5.31. The Balaban J connectivity index is 1.92. The highest BCUT2D eigenvalue weighted by molar-refractivity contribution is 5.45. The van der Waals surface area contributed by atoms with E-state index in [0.29, 0.717) is 11.5 Å². The average molecular weight is 260 g/mol. The quantitative estimate of drug-likeness (QED) is 0.875. The fourth-order valence-electron chi connectivity index (χ4n) is 3.13. The van der Waals surface area contributed by atoms with Gasteiger partial charge in [-0.3, -0.25) is 0 Å². The van der Waals surface area contributed by atoms with Gasteiger partial charge in [-0.1, -0.05) is 32.4 Å². The lowest BCUT2D eigenvalue weighted by Crippen LogP contribution is -2.31. The largest absolute Gasteiger partial charge is 0.382 e. The zero-order valence-electron chi connectivity index (χ0n) is 12.9. The Morgan fingerprint density at radius 3 is 2.47 bits per heavy atom. The summed E-state index contributed by atoms with van der Waals surface area (Å²) >= 11 is 0. The number of nitrogens with one attached hydrogen (secondary N) is 1. The van der Waals surface area contributed by atoms with E-state index in [4.69, 9.17) is 0 Å². The van der Waals surface area contributed by atoms with Crippen molar-refractivity contribution in [3.05, 3.63) is 29.8 Å². The van der Waals surface area contributed by atoms with Gasteiger partial charge in [-0.2, -0.15) is 0 Å². The zero-order chi connectivity index (χ0) is 13.9. The SMILES string of the molecule is CN(C)Cc1ccc(NC2CCCC(C)(C)C2)cc1. The minimum absolute atomic E-state index is 0.501. The van der Waals surface area contributed by atoms with Crippen LogP contribution in [0, 0.1) is 5.41 Å². The molecule has 1 aromatic carbocycles. The summed E-state index contributed by atoms with van der Waals surface area (Å²) in [4.78, 5) is 2.20. The summed E-state index contributed by atoms with van der Waals surface area (Å²) in [5.41, 5.74) is 3.14. The van der Waals surface area contributed by atoms with Gasteiger partial charge in [-0.25, -0.2) is 0 Å². The summed E-state index contributed by atoms with van der Waals surface area (Å²) < 4.78 is 0. The van der Waals surface area contributed by atoms with Crippen molar-refractivity contribution in [3.63, 3.8) is 0 Å². The molecule has 0 aromatic heterocycles.